The fourth-order valence-corrected chi connectivity index (χ4v) is 5.86. The molecule has 2 aromatic carbocycles. The Morgan fingerprint density at radius 3 is 2.53 bits per heavy atom. The van der Waals surface area contributed by atoms with Crippen molar-refractivity contribution in [2.45, 2.75) is 51.5 Å². The second kappa shape index (κ2) is 9.63. The number of halogens is 1. The molecule has 1 fully saturated rings. The normalized spacial score (nSPS) is 19.1. The molecule has 1 amide bonds. The number of thiazole rings is 1. The van der Waals surface area contributed by atoms with Crippen LogP contribution in [0.25, 0.3) is 21.5 Å². The third-order valence-corrected chi connectivity index (χ3v) is 7.99. The molecule has 0 saturated heterocycles. The molecular weight excluding hydrogens is 445 g/mol. The van der Waals surface area contributed by atoms with Crippen LogP contribution in [0.4, 0.5) is 4.39 Å². The number of benzene rings is 2. The van der Waals surface area contributed by atoms with E-state index in [1.54, 1.807) is 23.5 Å². The Kier molecular flexibility index (Phi) is 6.42. The molecular formula is C28H28FN3OS. The van der Waals surface area contributed by atoms with Crippen LogP contribution < -0.4 is 5.32 Å². The fourth-order valence-electron chi connectivity index (χ4n) is 5.09. The van der Waals surface area contributed by atoms with E-state index in [-0.39, 0.29) is 17.8 Å². The number of rotatable bonds is 5. The van der Waals surface area contributed by atoms with E-state index in [4.69, 9.17) is 0 Å². The van der Waals surface area contributed by atoms with Gasteiger partial charge in [0.05, 0.1) is 5.52 Å². The van der Waals surface area contributed by atoms with Crippen LogP contribution in [0.1, 0.15) is 59.3 Å². The zero-order valence-corrected chi connectivity index (χ0v) is 20.2. The molecule has 0 spiro atoms. The quantitative estimate of drug-likeness (QED) is 0.343. The number of pyridine rings is 1. The summed E-state index contributed by atoms with van der Waals surface area (Å²) in [6.07, 6.45) is 7.82. The Hall–Kier alpha value is -3.12. The molecule has 0 aliphatic heterocycles. The number of carbonyl (C=O) groups is 1. The number of amides is 1. The van der Waals surface area contributed by atoms with E-state index in [0.717, 1.165) is 47.2 Å². The molecule has 2 heterocycles. The van der Waals surface area contributed by atoms with Crippen LogP contribution in [-0.2, 0) is 0 Å². The van der Waals surface area contributed by atoms with Crippen LogP contribution >= 0.6 is 11.3 Å². The largest absolute Gasteiger partial charge is 0.349 e. The second-order valence-corrected chi connectivity index (χ2v) is 10.5. The SMILES string of the molecule is Cc1cnc(-c2ccc(C(=O)N[C@H](C)C3CCC(c4ccnc5ccc(F)cc45)CC3)cc2)s1. The predicted molar refractivity (Wildman–Crippen MR) is 136 cm³/mol. The molecule has 5 rings (SSSR count). The van der Waals surface area contributed by atoms with E-state index in [1.165, 1.54) is 16.5 Å². The van der Waals surface area contributed by atoms with E-state index < -0.39 is 0 Å². The van der Waals surface area contributed by atoms with Crippen molar-refractivity contribution >= 4 is 28.1 Å². The first-order valence-electron chi connectivity index (χ1n) is 11.9. The van der Waals surface area contributed by atoms with E-state index in [1.807, 2.05) is 49.6 Å². The number of nitrogens with one attached hydrogen (secondary N) is 1. The Balaban J connectivity index is 1.20. The van der Waals surface area contributed by atoms with Crippen molar-refractivity contribution in [2.75, 3.05) is 0 Å². The van der Waals surface area contributed by atoms with Crippen molar-refractivity contribution < 1.29 is 9.18 Å². The molecule has 0 unspecified atom stereocenters. The minimum atomic E-state index is -0.221. The lowest BCUT2D eigenvalue weighted by atomic mass is 9.75. The van der Waals surface area contributed by atoms with Crippen LogP contribution in [0, 0.1) is 18.7 Å². The molecule has 1 aliphatic rings. The standard InChI is InChI=1S/C28H28FN3OS/c1-17-16-31-28(34-17)22-9-7-21(8-10-22)27(33)32-18(2)19-3-5-20(6-4-19)24-13-14-30-26-12-11-23(29)15-25(24)26/h7-16,18-20H,3-6H2,1-2H3,(H,32,33)/t18-,19?,20?/m1/s1. The maximum Gasteiger partial charge on any atom is 0.251 e. The Labute approximate surface area is 203 Å². The number of fused-ring (bicyclic) bond motifs is 1. The molecule has 4 nitrogen and oxygen atoms in total. The zero-order valence-electron chi connectivity index (χ0n) is 19.4. The summed E-state index contributed by atoms with van der Waals surface area (Å²) < 4.78 is 13.9. The van der Waals surface area contributed by atoms with Gasteiger partial charge in [0, 0.05) is 39.8 Å². The van der Waals surface area contributed by atoms with Gasteiger partial charge in [0.2, 0.25) is 0 Å². The monoisotopic (exact) mass is 473 g/mol. The summed E-state index contributed by atoms with van der Waals surface area (Å²) in [5, 5.41) is 5.10. The van der Waals surface area contributed by atoms with Crippen LogP contribution in [-0.4, -0.2) is 21.9 Å². The van der Waals surface area contributed by atoms with Crippen molar-refractivity contribution in [2.24, 2.45) is 5.92 Å². The van der Waals surface area contributed by atoms with Crippen molar-refractivity contribution in [3.05, 3.63) is 82.7 Å². The molecule has 4 aromatic rings. The van der Waals surface area contributed by atoms with Crippen molar-refractivity contribution in [1.29, 1.82) is 0 Å². The molecule has 0 bridgehead atoms. The van der Waals surface area contributed by atoms with E-state index in [2.05, 4.69) is 22.2 Å². The number of aromatic nitrogens is 2. The van der Waals surface area contributed by atoms with Crippen molar-refractivity contribution in [1.82, 2.24) is 15.3 Å². The summed E-state index contributed by atoms with van der Waals surface area (Å²) in [4.78, 5) is 22.8. The second-order valence-electron chi connectivity index (χ2n) is 9.29. The Bertz CT molecular complexity index is 1310. The smallest absolute Gasteiger partial charge is 0.251 e. The molecule has 1 aliphatic carbocycles. The van der Waals surface area contributed by atoms with Gasteiger partial charge in [-0.05, 0) is 93.3 Å². The lowest BCUT2D eigenvalue weighted by Gasteiger charge is -2.33. The minimum Gasteiger partial charge on any atom is -0.349 e. The zero-order chi connectivity index (χ0) is 23.7. The third kappa shape index (κ3) is 4.73. The van der Waals surface area contributed by atoms with Gasteiger partial charge in [0.1, 0.15) is 10.8 Å². The Morgan fingerprint density at radius 1 is 1.06 bits per heavy atom. The number of carbonyl (C=O) groups excluding carboxylic acids is 1. The minimum absolute atomic E-state index is 0.0351. The first kappa shape index (κ1) is 22.7. The highest BCUT2D eigenvalue weighted by atomic mass is 32.1. The van der Waals surface area contributed by atoms with Gasteiger partial charge in [0.15, 0.2) is 0 Å². The fraction of sp³-hybridized carbons (Fsp3) is 0.321. The lowest BCUT2D eigenvalue weighted by molar-refractivity contribution is 0.0918. The average Bonchev–Trinajstić information content (AvgIpc) is 3.30. The van der Waals surface area contributed by atoms with Gasteiger partial charge in [-0.15, -0.1) is 11.3 Å². The average molecular weight is 474 g/mol. The number of nitrogens with zero attached hydrogens (tertiary/aromatic N) is 2. The van der Waals surface area contributed by atoms with Gasteiger partial charge in [-0.3, -0.25) is 9.78 Å². The maximum atomic E-state index is 13.9. The molecule has 0 radical (unpaired) electrons. The van der Waals surface area contributed by atoms with Gasteiger partial charge in [-0.1, -0.05) is 12.1 Å². The van der Waals surface area contributed by atoms with Gasteiger partial charge < -0.3 is 5.32 Å². The van der Waals surface area contributed by atoms with Crippen LogP contribution in [0.15, 0.2) is 60.9 Å². The summed E-state index contributed by atoms with van der Waals surface area (Å²) in [5.41, 5.74) is 3.74. The highest BCUT2D eigenvalue weighted by Crippen LogP contribution is 2.39. The molecule has 6 heteroatoms. The van der Waals surface area contributed by atoms with Crippen molar-refractivity contribution in [3.63, 3.8) is 0 Å². The predicted octanol–water partition coefficient (Wildman–Crippen LogP) is 6.90. The van der Waals surface area contributed by atoms with Gasteiger partial charge >= 0.3 is 0 Å². The summed E-state index contributed by atoms with van der Waals surface area (Å²) in [7, 11) is 0. The van der Waals surface area contributed by atoms with Crippen molar-refractivity contribution in [3.8, 4) is 10.6 Å². The number of hydrogen-bond acceptors (Lipinski definition) is 4. The Morgan fingerprint density at radius 2 is 1.82 bits per heavy atom. The topological polar surface area (TPSA) is 54.9 Å². The summed E-state index contributed by atoms with van der Waals surface area (Å²) in [6, 6.07) is 14.6. The molecule has 2 aromatic heterocycles. The summed E-state index contributed by atoms with van der Waals surface area (Å²) in [6.45, 7) is 4.14. The van der Waals surface area contributed by atoms with E-state index in [0.29, 0.717) is 17.4 Å². The number of aryl methyl sites for hydroxylation is 1. The molecule has 1 saturated carbocycles. The lowest BCUT2D eigenvalue weighted by Crippen LogP contribution is -2.39. The van der Waals surface area contributed by atoms with Crippen LogP contribution in [0.2, 0.25) is 0 Å². The van der Waals surface area contributed by atoms with Gasteiger partial charge in [0.25, 0.3) is 5.91 Å². The van der Waals surface area contributed by atoms with Crippen LogP contribution in [0.3, 0.4) is 0 Å². The molecule has 174 valence electrons. The first-order valence-corrected chi connectivity index (χ1v) is 12.7. The summed E-state index contributed by atoms with van der Waals surface area (Å²) >= 11 is 1.65. The first-order chi connectivity index (χ1) is 16.5. The summed E-state index contributed by atoms with van der Waals surface area (Å²) in [5.74, 6) is 0.574. The van der Waals surface area contributed by atoms with Gasteiger partial charge in [-0.2, -0.15) is 0 Å². The molecule has 34 heavy (non-hydrogen) atoms. The van der Waals surface area contributed by atoms with Gasteiger partial charge in [-0.25, -0.2) is 9.37 Å². The number of hydrogen-bond donors (Lipinski definition) is 1. The van der Waals surface area contributed by atoms with E-state index >= 15 is 0 Å². The molecule has 1 N–H and O–H groups in total. The van der Waals surface area contributed by atoms with Crippen LogP contribution in [0.5, 0.6) is 0 Å². The van der Waals surface area contributed by atoms with E-state index in [9.17, 15) is 9.18 Å². The highest BCUT2D eigenvalue weighted by Gasteiger charge is 2.28. The third-order valence-electron chi connectivity index (χ3n) is 7.03. The molecule has 1 atom stereocenters. The maximum absolute atomic E-state index is 13.9. The highest BCUT2D eigenvalue weighted by molar-refractivity contribution is 7.14.